The van der Waals surface area contributed by atoms with Gasteiger partial charge in [0.2, 0.25) is 0 Å². The van der Waals surface area contributed by atoms with Crippen LogP contribution in [0.25, 0.3) is 6.08 Å². The Hall–Kier alpha value is -1.47. The first kappa shape index (κ1) is 16.6. The Balaban J connectivity index is 0.00000200. The Morgan fingerprint density at radius 3 is 2.70 bits per heavy atom. The summed E-state index contributed by atoms with van der Waals surface area (Å²) in [5.41, 5.74) is 1.47. The summed E-state index contributed by atoms with van der Waals surface area (Å²) in [5.74, 6) is -0.234. The standard InChI is InChI=1S/C16H16N2O.Na/c1-12(2)10-15(19)18-9-8-13-6-4-5-7-14(13)16(18,3)11-17;/h4-10,19H,1H2,2-3H3;/q;+1/p-1/b15-10-;. The molecule has 0 bridgehead atoms. The molecular weight excluding hydrogens is 259 g/mol. The molecule has 1 atom stereocenters. The minimum absolute atomic E-state index is 0. The van der Waals surface area contributed by atoms with Gasteiger partial charge < -0.3 is 10.0 Å². The molecule has 0 saturated carbocycles. The zero-order valence-electron chi connectivity index (χ0n) is 12.1. The molecule has 4 heteroatoms. The quantitative estimate of drug-likeness (QED) is 0.415. The fraction of sp³-hybridized carbons (Fsp3) is 0.188. The van der Waals surface area contributed by atoms with Gasteiger partial charge in [0.15, 0.2) is 5.54 Å². The van der Waals surface area contributed by atoms with E-state index in [1.807, 2.05) is 30.3 Å². The number of fused-ring (bicyclic) bond motifs is 1. The molecule has 1 aromatic carbocycles. The maximum absolute atomic E-state index is 12.2. The van der Waals surface area contributed by atoms with Crippen molar-refractivity contribution in [2.45, 2.75) is 19.4 Å². The molecule has 0 amide bonds. The number of rotatable bonds is 2. The molecule has 0 fully saturated rings. The van der Waals surface area contributed by atoms with E-state index in [0.717, 1.165) is 11.1 Å². The zero-order chi connectivity index (χ0) is 14.0. The summed E-state index contributed by atoms with van der Waals surface area (Å²) in [6.45, 7) is 7.20. The van der Waals surface area contributed by atoms with Crippen LogP contribution in [-0.2, 0) is 5.54 Å². The van der Waals surface area contributed by atoms with Crippen LogP contribution in [0.3, 0.4) is 0 Å². The van der Waals surface area contributed by atoms with Gasteiger partial charge in [-0.1, -0.05) is 42.5 Å². The molecular formula is C16H15N2NaO. The van der Waals surface area contributed by atoms with E-state index in [4.69, 9.17) is 0 Å². The van der Waals surface area contributed by atoms with E-state index in [0.29, 0.717) is 5.57 Å². The van der Waals surface area contributed by atoms with E-state index in [1.165, 1.54) is 11.0 Å². The third-order valence-electron chi connectivity index (χ3n) is 3.20. The minimum atomic E-state index is -0.992. The molecule has 1 unspecified atom stereocenters. The molecule has 0 radical (unpaired) electrons. The summed E-state index contributed by atoms with van der Waals surface area (Å²) in [5, 5.41) is 21.7. The number of nitrogens with zero attached hydrogens (tertiary/aromatic N) is 2. The predicted octanol–water partition coefficient (Wildman–Crippen LogP) is -0.507. The van der Waals surface area contributed by atoms with Gasteiger partial charge in [0.25, 0.3) is 0 Å². The second kappa shape index (κ2) is 6.32. The second-order valence-electron chi connectivity index (χ2n) is 4.79. The van der Waals surface area contributed by atoms with Crippen molar-refractivity contribution < 1.29 is 34.7 Å². The van der Waals surface area contributed by atoms with Crippen LogP contribution >= 0.6 is 0 Å². The topological polar surface area (TPSA) is 50.1 Å². The first-order valence-corrected chi connectivity index (χ1v) is 6.01. The predicted molar refractivity (Wildman–Crippen MR) is 73.2 cm³/mol. The average molecular weight is 274 g/mol. The molecule has 0 N–H and O–H groups in total. The number of hydrogen-bond acceptors (Lipinski definition) is 3. The summed E-state index contributed by atoms with van der Waals surface area (Å²) in [4.78, 5) is 1.45. The van der Waals surface area contributed by atoms with Gasteiger partial charge >= 0.3 is 29.6 Å². The van der Waals surface area contributed by atoms with E-state index in [2.05, 4.69) is 12.6 Å². The van der Waals surface area contributed by atoms with Crippen molar-refractivity contribution in [2.75, 3.05) is 0 Å². The summed E-state index contributed by atoms with van der Waals surface area (Å²) in [7, 11) is 0. The first-order chi connectivity index (χ1) is 8.99. The van der Waals surface area contributed by atoms with Crippen LogP contribution in [0.15, 0.2) is 54.6 Å². The SMILES string of the molecule is C=C(C)/C=C(\[O-])N1C=Cc2ccccc2C1(C)C#N.[Na+]. The van der Waals surface area contributed by atoms with Gasteiger partial charge in [-0.2, -0.15) is 5.26 Å². The minimum Gasteiger partial charge on any atom is -0.860 e. The van der Waals surface area contributed by atoms with Crippen LogP contribution in [0.5, 0.6) is 0 Å². The Morgan fingerprint density at radius 1 is 1.45 bits per heavy atom. The molecule has 1 aromatic rings. The Kier molecular flexibility index (Phi) is 5.24. The molecule has 0 aromatic heterocycles. The van der Waals surface area contributed by atoms with Gasteiger partial charge in [0, 0.05) is 6.20 Å². The summed E-state index contributed by atoms with van der Waals surface area (Å²) in [6.07, 6.45) is 4.94. The van der Waals surface area contributed by atoms with E-state index >= 15 is 0 Å². The molecule has 0 saturated heterocycles. The van der Waals surface area contributed by atoms with Crippen molar-refractivity contribution in [1.82, 2.24) is 4.90 Å². The normalized spacial score (nSPS) is 20.6. The smallest absolute Gasteiger partial charge is 0.860 e. The van der Waals surface area contributed by atoms with Crippen molar-refractivity contribution >= 4 is 6.08 Å². The van der Waals surface area contributed by atoms with Crippen molar-refractivity contribution in [2.24, 2.45) is 0 Å². The van der Waals surface area contributed by atoms with Crippen molar-refractivity contribution in [1.29, 1.82) is 5.26 Å². The molecule has 0 aliphatic carbocycles. The van der Waals surface area contributed by atoms with Crippen molar-refractivity contribution in [3.05, 3.63) is 65.7 Å². The molecule has 3 nitrogen and oxygen atoms in total. The summed E-state index contributed by atoms with van der Waals surface area (Å²) in [6, 6.07) is 9.85. The first-order valence-electron chi connectivity index (χ1n) is 6.01. The van der Waals surface area contributed by atoms with Crippen LogP contribution in [0, 0.1) is 11.3 Å². The van der Waals surface area contributed by atoms with Crippen LogP contribution < -0.4 is 34.7 Å². The average Bonchev–Trinajstić information content (AvgIpc) is 2.38. The van der Waals surface area contributed by atoms with Crippen LogP contribution in [-0.4, -0.2) is 4.90 Å². The third kappa shape index (κ3) is 2.83. The Morgan fingerprint density at radius 2 is 2.10 bits per heavy atom. The molecule has 1 heterocycles. The molecule has 1 aliphatic heterocycles. The van der Waals surface area contributed by atoms with Crippen molar-refractivity contribution in [3.63, 3.8) is 0 Å². The molecule has 20 heavy (non-hydrogen) atoms. The van der Waals surface area contributed by atoms with Gasteiger partial charge in [-0.15, -0.1) is 0 Å². The van der Waals surface area contributed by atoms with Gasteiger partial charge in [-0.25, -0.2) is 0 Å². The fourth-order valence-corrected chi connectivity index (χ4v) is 2.21. The zero-order valence-corrected chi connectivity index (χ0v) is 14.1. The van der Waals surface area contributed by atoms with E-state index < -0.39 is 5.54 Å². The molecule has 0 spiro atoms. The van der Waals surface area contributed by atoms with Gasteiger partial charge in [-0.05, 0) is 36.9 Å². The number of hydrogen-bond donors (Lipinski definition) is 0. The van der Waals surface area contributed by atoms with Gasteiger partial charge in [0.1, 0.15) is 0 Å². The van der Waals surface area contributed by atoms with E-state index in [9.17, 15) is 10.4 Å². The van der Waals surface area contributed by atoms with E-state index in [1.54, 1.807) is 20.0 Å². The van der Waals surface area contributed by atoms with Crippen LogP contribution in [0.1, 0.15) is 25.0 Å². The largest absolute Gasteiger partial charge is 1.00 e. The number of benzene rings is 1. The Labute approximate surface area is 141 Å². The number of allylic oxidation sites excluding steroid dienone is 2. The maximum Gasteiger partial charge on any atom is 1.00 e. The van der Waals surface area contributed by atoms with Crippen molar-refractivity contribution in [3.8, 4) is 6.07 Å². The maximum atomic E-state index is 12.2. The summed E-state index contributed by atoms with van der Waals surface area (Å²) < 4.78 is 0. The monoisotopic (exact) mass is 274 g/mol. The Bertz CT molecular complexity index is 628. The molecule has 96 valence electrons. The van der Waals surface area contributed by atoms with Gasteiger partial charge in [-0.3, -0.25) is 0 Å². The molecule has 1 aliphatic rings. The molecule has 2 rings (SSSR count). The number of nitriles is 1. The van der Waals surface area contributed by atoms with E-state index in [-0.39, 0.29) is 35.4 Å². The summed E-state index contributed by atoms with van der Waals surface area (Å²) >= 11 is 0. The fourth-order valence-electron chi connectivity index (χ4n) is 2.21. The van der Waals surface area contributed by atoms with Gasteiger partial charge in [0.05, 0.1) is 6.07 Å². The third-order valence-corrected chi connectivity index (χ3v) is 3.20. The van der Waals surface area contributed by atoms with Crippen LogP contribution in [0.2, 0.25) is 0 Å². The van der Waals surface area contributed by atoms with Crippen LogP contribution in [0.4, 0.5) is 0 Å². The second-order valence-corrected chi connectivity index (χ2v) is 4.79.